The molecule has 0 saturated carbocycles. The van der Waals surface area contributed by atoms with Gasteiger partial charge in [0.1, 0.15) is 0 Å². The van der Waals surface area contributed by atoms with Gasteiger partial charge in [-0.2, -0.15) is 0 Å². The number of aromatic carboxylic acids is 1. The minimum absolute atomic E-state index is 0.00522. The molecule has 0 saturated heterocycles. The maximum atomic E-state index is 12.4. The van der Waals surface area contributed by atoms with Gasteiger partial charge in [0.15, 0.2) is 6.29 Å². The predicted molar refractivity (Wildman–Crippen MR) is 70.7 cm³/mol. The summed E-state index contributed by atoms with van der Waals surface area (Å²) in [6, 6.07) is 10.9. The minimum atomic E-state index is -3.93. The van der Waals surface area contributed by atoms with Gasteiger partial charge in [-0.3, -0.25) is 4.79 Å². The molecule has 0 aliphatic rings. The molecular weight excluding hydrogens is 280 g/mol. The lowest BCUT2D eigenvalue weighted by Gasteiger charge is -2.08. The highest BCUT2D eigenvalue weighted by molar-refractivity contribution is 7.91. The van der Waals surface area contributed by atoms with Crippen molar-refractivity contribution in [3.63, 3.8) is 0 Å². The molecule has 6 heteroatoms. The molecule has 0 radical (unpaired) electrons. The van der Waals surface area contributed by atoms with Crippen LogP contribution in [0.25, 0.3) is 0 Å². The molecule has 0 amide bonds. The Morgan fingerprint density at radius 3 is 2.25 bits per heavy atom. The molecule has 1 N–H and O–H groups in total. The third-order valence-electron chi connectivity index (χ3n) is 2.73. The normalized spacial score (nSPS) is 11.0. The van der Waals surface area contributed by atoms with Crippen LogP contribution in [0.5, 0.6) is 0 Å². The fourth-order valence-electron chi connectivity index (χ4n) is 1.72. The zero-order valence-corrected chi connectivity index (χ0v) is 11.0. The number of hydrogen-bond donors (Lipinski definition) is 1. The van der Waals surface area contributed by atoms with Crippen molar-refractivity contribution >= 4 is 22.1 Å². The second-order valence-corrected chi connectivity index (χ2v) is 5.91. The van der Waals surface area contributed by atoms with Crippen LogP contribution < -0.4 is 0 Å². The van der Waals surface area contributed by atoms with E-state index in [1.54, 1.807) is 18.2 Å². The number of hydrogen-bond acceptors (Lipinski definition) is 4. The van der Waals surface area contributed by atoms with Gasteiger partial charge in [-0.15, -0.1) is 0 Å². The third kappa shape index (κ3) is 2.46. The first-order valence-corrected chi connectivity index (χ1v) is 7.08. The van der Waals surface area contributed by atoms with Gasteiger partial charge in [0.25, 0.3) is 0 Å². The molecule has 0 unspecified atom stereocenters. The standard InChI is InChI=1S/C14H10O5S/c15-9-11-7-6-10(14(16)17)8-13(11)20(18,19)12-4-2-1-3-5-12/h1-9H,(H,16,17). The molecule has 20 heavy (non-hydrogen) atoms. The van der Waals surface area contributed by atoms with Gasteiger partial charge in [-0.25, -0.2) is 13.2 Å². The van der Waals surface area contributed by atoms with Crippen LogP contribution in [-0.2, 0) is 9.84 Å². The maximum Gasteiger partial charge on any atom is 0.335 e. The number of carbonyl (C=O) groups is 2. The van der Waals surface area contributed by atoms with Crippen LogP contribution in [0, 0.1) is 0 Å². The van der Waals surface area contributed by atoms with E-state index in [1.807, 2.05) is 0 Å². The first-order chi connectivity index (χ1) is 9.46. The fraction of sp³-hybridized carbons (Fsp3) is 0. The van der Waals surface area contributed by atoms with E-state index in [0.29, 0.717) is 6.29 Å². The molecule has 0 atom stereocenters. The van der Waals surface area contributed by atoms with Gasteiger partial charge in [-0.05, 0) is 30.3 Å². The number of rotatable bonds is 4. The molecule has 0 aliphatic carbocycles. The Balaban J connectivity index is 2.70. The van der Waals surface area contributed by atoms with Crippen LogP contribution in [0.2, 0.25) is 0 Å². The molecule has 2 aromatic rings. The number of aldehydes is 1. The van der Waals surface area contributed by atoms with Crippen molar-refractivity contribution < 1.29 is 23.1 Å². The summed E-state index contributed by atoms with van der Waals surface area (Å²) >= 11 is 0. The average molecular weight is 290 g/mol. The molecule has 0 aliphatic heterocycles. The molecule has 2 rings (SSSR count). The smallest absolute Gasteiger partial charge is 0.335 e. The second-order valence-electron chi connectivity index (χ2n) is 3.99. The lowest BCUT2D eigenvalue weighted by Crippen LogP contribution is -2.08. The Hall–Kier alpha value is -2.47. The maximum absolute atomic E-state index is 12.4. The highest BCUT2D eigenvalue weighted by atomic mass is 32.2. The van der Waals surface area contributed by atoms with Gasteiger partial charge in [0.05, 0.1) is 15.4 Å². The molecule has 0 fully saturated rings. The molecule has 0 spiro atoms. The zero-order chi connectivity index (χ0) is 14.8. The number of sulfone groups is 1. The summed E-state index contributed by atoms with van der Waals surface area (Å²) < 4.78 is 24.9. The topological polar surface area (TPSA) is 88.5 Å². The van der Waals surface area contributed by atoms with Gasteiger partial charge in [0, 0.05) is 5.56 Å². The number of carbonyl (C=O) groups excluding carboxylic acids is 1. The van der Waals surface area contributed by atoms with Crippen molar-refractivity contribution in [1.29, 1.82) is 0 Å². The van der Waals surface area contributed by atoms with Crippen molar-refractivity contribution in [2.24, 2.45) is 0 Å². The van der Waals surface area contributed by atoms with E-state index in [4.69, 9.17) is 5.11 Å². The average Bonchev–Trinajstić information content (AvgIpc) is 2.47. The highest BCUT2D eigenvalue weighted by Gasteiger charge is 2.22. The zero-order valence-electron chi connectivity index (χ0n) is 10.2. The number of carboxylic acid groups (broad SMARTS) is 1. The van der Waals surface area contributed by atoms with Crippen molar-refractivity contribution in [2.75, 3.05) is 0 Å². The summed E-state index contributed by atoms with van der Waals surface area (Å²) in [4.78, 5) is 21.6. The largest absolute Gasteiger partial charge is 0.478 e. The van der Waals surface area contributed by atoms with Crippen LogP contribution in [0.1, 0.15) is 20.7 Å². The Morgan fingerprint density at radius 1 is 1.05 bits per heavy atom. The number of benzene rings is 2. The lowest BCUT2D eigenvalue weighted by atomic mass is 10.1. The highest BCUT2D eigenvalue weighted by Crippen LogP contribution is 2.24. The van der Waals surface area contributed by atoms with E-state index >= 15 is 0 Å². The molecule has 2 aromatic carbocycles. The second kappa shape index (κ2) is 5.26. The van der Waals surface area contributed by atoms with Crippen LogP contribution >= 0.6 is 0 Å². The summed E-state index contributed by atoms with van der Waals surface area (Å²) in [5, 5.41) is 8.93. The summed E-state index contributed by atoms with van der Waals surface area (Å²) in [5.74, 6) is -1.26. The van der Waals surface area contributed by atoms with Gasteiger partial charge in [-0.1, -0.05) is 18.2 Å². The predicted octanol–water partition coefficient (Wildman–Crippen LogP) is 2.03. The van der Waals surface area contributed by atoms with E-state index in [2.05, 4.69) is 0 Å². The third-order valence-corrected chi connectivity index (χ3v) is 4.56. The molecule has 0 heterocycles. The van der Waals surface area contributed by atoms with E-state index < -0.39 is 15.8 Å². The van der Waals surface area contributed by atoms with Crippen LogP contribution in [0.4, 0.5) is 0 Å². The Bertz CT molecular complexity index is 763. The summed E-state index contributed by atoms with van der Waals surface area (Å²) in [6.07, 6.45) is 0.390. The van der Waals surface area contributed by atoms with Gasteiger partial charge in [0.2, 0.25) is 9.84 Å². The first kappa shape index (κ1) is 14.0. The minimum Gasteiger partial charge on any atom is -0.478 e. The fourth-order valence-corrected chi connectivity index (χ4v) is 3.20. The molecule has 102 valence electrons. The lowest BCUT2D eigenvalue weighted by molar-refractivity contribution is 0.0696. The summed E-state index contributed by atoms with van der Waals surface area (Å²) in [5.41, 5.74) is -0.260. The SMILES string of the molecule is O=Cc1ccc(C(=O)O)cc1S(=O)(=O)c1ccccc1. The van der Waals surface area contributed by atoms with Gasteiger partial charge >= 0.3 is 5.97 Å². The van der Waals surface area contributed by atoms with Crippen molar-refractivity contribution in [3.8, 4) is 0 Å². The Labute approximate surface area is 115 Å². The Kier molecular flexibility index (Phi) is 3.67. The van der Waals surface area contributed by atoms with Crippen molar-refractivity contribution in [1.82, 2.24) is 0 Å². The molecule has 0 bridgehead atoms. The van der Waals surface area contributed by atoms with Crippen LogP contribution in [0.3, 0.4) is 0 Å². The van der Waals surface area contributed by atoms with E-state index in [9.17, 15) is 18.0 Å². The molecular formula is C14H10O5S. The van der Waals surface area contributed by atoms with Gasteiger partial charge < -0.3 is 5.11 Å². The van der Waals surface area contributed by atoms with Crippen LogP contribution in [-0.4, -0.2) is 25.8 Å². The molecule has 5 nitrogen and oxygen atoms in total. The quantitative estimate of drug-likeness (QED) is 0.870. The van der Waals surface area contributed by atoms with Crippen molar-refractivity contribution in [3.05, 3.63) is 59.7 Å². The van der Waals surface area contributed by atoms with Crippen molar-refractivity contribution in [2.45, 2.75) is 9.79 Å². The number of carboxylic acids is 1. The first-order valence-electron chi connectivity index (χ1n) is 5.59. The summed E-state index contributed by atoms with van der Waals surface area (Å²) in [6.45, 7) is 0. The van der Waals surface area contributed by atoms with E-state index in [-0.39, 0.29) is 20.9 Å². The Morgan fingerprint density at radius 2 is 1.70 bits per heavy atom. The summed E-state index contributed by atoms with van der Waals surface area (Å²) in [7, 11) is -3.93. The van der Waals surface area contributed by atoms with Crippen LogP contribution in [0.15, 0.2) is 58.3 Å². The van der Waals surface area contributed by atoms with E-state index in [1.165, 1.54) is 24.3 Å². The molecule has 0 aromatic heterocycles. The van der Waals surface area contributed by atoms with E-state index in [0.717, 1.165) is 6.07 Å². The monoisotopic (exact) mass is 290 g/mol.